The first-order valence-electron chi connectivity index (χ1n) is 13.3. The molecule has 0 atom stereocenters. The maximum Gasteiger partial charge on any atom is 0.142 e. The Morgan fingerprint density at radius 2 is 1.00 bits per heavy atom. The van der Waals surface area contributed by atoms with Gasteiger partial charge in [0.25, 0.3) is 0 Å². The predicted molar refractivity (Wildman–Crippen MR) is 163 cm³/mol. The zero-order valence-corrected chi connectivity index (χ0v) is 24.4. The normalized spacial score (nSPS) is 10.7. The summed E-state index contributed by atoms with van der Waals surface area (Å²) in [5.41, 5.74) is 8.91. The van der Waals surface area contributed by atoms with Crippen molar-refractivity contribution in [3.8, 4) is 56.3 Å². The molecule has 0 unspecified atom stereocenters. The first-order chi connectivity index (χ1) is 19.8. The van der Waals surface area contributed by atoms with Crippen molar-refractivity contribution in [1.29, 1.82) is 0 Å². The summed E-state index contributed by atoms with van der Waals surface area (Å²) in [5.74, 6) is 0.666. The molecule has 0 aliphatic heterocycles. The number of hydrogen-bond acceptors (Lipinski definition) is 3. The molecule has 2 heterocycles. The van der Waals surface area contributed by atoms with Crippen LogP contribution in [0.25, 0.3) is 67.1 Å². The molecular formula is C37H24IrN3-. The van der Waals surface area contributed by atoms with Gasteiger partial charge in [0.1, 0.15) is 5.82 Å². The summed E-state index contributed by atoms with van der Waals surface area (Å²) >= 11 is 0. The van der Waals surface area contributed by atoms with Crippen LogP contribution in [0.1, 0.15) is 0 Å². The largest absolute Gasteiger partial charge is 0.304 e. The molecule has 7 aromatic rings. The number of rotatable bonds is 5. The third-order valence-electron chi connectivity index (χ3n) is 7.05. The quantitative estimate of drug-likeness (QED) is 0.168. The van der Waals surface area contributed by atoms with Crippen LogP contribution in [0.2, 0.25) is 0 Å². The van der Waals surface area contributed by atoms with Crippen LogP contribution in [0.4, 0.5) is 0 Å². The van der Waals surface area contributed by atoms with Crippen molar-refractivity contribution in [3.05, 3.63) is 152 Å². The topological polar surface area (TPSA) is 38.7 Å². The average Bonchev–Trinajstić information content (AvgIpc) is 3.05. The van der Waals surface area contributed by atoms with Crippen LogP contribution >= 0.6 is 0 Å². The first-order valence-corrected chi connectivity index (χ1v) is 13.3. The Balaban J connectivity index is 0.00000302. The van der Waals surface area contributed by atoms with Crippen LogP contribution < -0.4 is 0 Å². The van der Waals surface area contributed by atoms with Gasteiger partial charge in [-0.15, -0.1) is 29.8 Å². The SMILES string of the molecule is [Ir].[c-]1ccc(-c2nc(-c3ccccc3)cc(-c3ccc(-c4ccccc4)cc3)n2)cc1-c1cc2ccccc2cn1. The number of fused-ring (bicyclic) bond motifs is 1. The van der Waals surface area contributed by atoms with Gasteiger partial charge in [0, 0.05) is 37.4 Å². The monoisotopic (exact) mass is 703 g/mol. The average molecular weight is 703 g/mol. The molecule has 0 bridgehead atoms. The summed E-state index contributed by atoms with van der Waals surface area (Å²) < 4.78 is 0. The molecule has 0 aliphatic carbocycles. The van der Waals surface area contributed by atoms with Gasteiger partial charge in [-0.25, -0.2) is 9.97 Å². The van der Waals surface area contributed by atoms with Crippen LogP contribution in [-0.4, -0.2) is 15.0 Å². The minimum absolute atomic E-state index is 0. The smallest absolute Gasteiger partial charge is 0.142 e. The third kappa shape index (κ3) is 5.62. The number of hydrogen-bond donors (Lipinski definition) is 0. The van der Waals surface area contributed by atoms with Gasteiger partial charge < -0.3 is 4.98 Å². The standard InChI is InChI=1S/C37H24N3.Ir/c1-3-10-26(11-4-1)27-18-20-29(21-19-27)36-24-35(28-12-5-2-6-13-28)39-37(40-36)32-17-9-16-31(22-32)34-23-30-14-7-8-15-33(30)25-38-34;/h1-15,17-25H;/q-1;. The number of pyridine rings is 1. The molecule has 197 valence electrons. The van der Waals surface area contributed by atoms with Crippen LogP contribution in [0.3, 0.4) is 0 Å². The van der Waals surface area contributed by atoms with Gasteiger partial charge >= 0.3 is 0 Å². The summed E-state index contributed by atoms with van der Waals surface area (Å²) in [6.45, 7) is 0. The molecule has 0 aliphatic rings. The van der Waals surface area contributed by atoms with Crippen LogP contribution in [0.15, 0.2) is 146 Å². The summed E-state index contributed by atoms with van der Waals surface area (Å²) in [7, 11) is 0. The molecule has 0 saturated carbocycles. The molecule has 2 aromatic heterocycles. The van der Waals surface area contributed by atoms with E-state index in [9.17, 15) is 0 Å². The molecule has 0 fully saturated rings. The van der Waals surface area contributed by atoms with Crippen molar-refractivity contribution in [2.24, 2.45) is 0 Å². The Labute approximate surface area is 253 Å². The van der Waals surface area contributed by atoms with Crippen molar-refractivity contribution in [1.82, 2.24) is 15.0 Å². The van der Waals surface area contributed by atoms with Crippen LogP contribution in [-0.2, 0) is 20.1 Å². The predicted octanol–water partition coefficient (Wildman–Crippen LogP) is 9.16. The molecule has 3 nitrogen and oxygen atoms in total. The Morgan fingerprint density at radius 3 is 1.71 bits per heavy atom. The summed E-state index contributed by atoms with van der Waals surface area (Å²) in [5, 5.41) is 2.26. The fraction of sp³-hybridized carbons (Fsp3) is 0. The van der Waals surface area contributed by atoms with E-state index in [4.69, 9.17) is 15.0 Å². The van der Waals surface area contributed by atoms with Gasteiger partial charge in [0.05, 0.1) is 11.4 Å². The molecule has 41 heavy (non-hydrogen) atoms. The zero-order valence-electron chi connectivity index (χ0n) is 22.0. The van der Waals surface area contributed by atoms with Gasteiger partial charge in [0.15, 0.2) is 0 Å². The summed E-state index contributed by atoms with van der Waals surface area (Å²) in [4.78, 5) is 14.7. The van der Waals surface area contributed by atoms with Crippen molar-refractivity contribution in [2.75, 3.05) is 0 Å². The Kier molecular flexibility index (Phi) is 7.60. The fourth-order valence-electron chi connectivity index (χ4n) is 4.93. The van der Waals surface area contributed by atoms with E-state index >= 15 is 0 Å². The second-order valence-corrected chi connectivity index (χ2v) is 9.68. The van der Waals surface area contributed by atoms with Crippen molar-refractivity contribution < 1.29 is 20.1 Å². The molecule has 0 saturated heterocycles. The molecule has 7 rings (SSSR count). The van der Waals surface area contributed by atoms with Gasteiger partial charge in [-0.05, 0) is 33.7 Å². The van der Waals surface area contributed by atoms with E-state index < -0.39 is 0 Å². The van der Waals surface area contributed by atoms with E-state index in [1.807, 2.05) is 54.7 Å². The van der Waals surface area contributed by atoms with E-state index in [0.29, 0.717) is 5.82 Å². The minimum Gasteiger partial charge on any atom is -0.304 e. The summed E-state index contributed by atoms with van der Waals surface area (Å²) in [6.07, 6.45) is 1.91. The maximum absolute atomic E-state index is 5.04. The van der Waals surface area contributed by atoms with Crippen molar-refractivity contribution in [3.63, 3.8) is 0 Å². The number of aromatic nitrogens is 3. The van der Waals surface area contributed by atoms with E-state index in [1.54, 1.807) is 0 Å². The Bertz CT molecular complexity index is 1940. The van der Waals surface area contributed by atoms with E-state index in [0.717, 1.165) is 50.1 Å². The maximum atomic E-state index is 5.04. The van der Waals surface area contributed by atoms with Gasteiger partial charge in [-0.1, -0.05) is 121 Å². The Morgan fingerprint density at radius 1 is 0.439 bits per heavy atom. The molecule has 0 spiro atoms. The molecule has 0 N–H and O–H groups in total. The summed E-state index contributed by atoms with van der Waals surface area (Å²) in [6, 6.07) is 51.0. The second-order valence-electron chi connectivity index (χ2n) is 9.68. The van der Waals surface area contributed by atoms with Crippen LogP contribution in [0, 0.1) is 6.07 Å². The molecule has 5 aromatic carbocycles. The van der Waals surface area contributed by atoms with E-state index in [2.05, 4.69) is 97.1 Å². The zero-order chi connectivity index (χ0) is 26.7. The molecule has 0 amide bonds. The van der Waals surface area contributed by atoms with Crippen LogP contribution in [0.5, 0.6) is 0 Å². The van der Waals surface area contributed by atoms with Gasteiger partial charge in [-0.2, -0.15) is 0 Å². The van der Waals surface area contributed by atoms with Crippen molar-refractivity contribution >= 4 is 10.8 Å². The van der Waals surface area contributed by atoms with E-state index in [1.165, 1.54) is 11.1 Å². The Hall–Kier alpha value is -4.76. The fourth-order valence-corrected chi connectivity index (χ4v) is 4.93. The van der Waals surface area contributed by atoms with E-state index in [-0.39, 0.29) is 20.1 Å². The second kappa shape index (κ2) is 11.8. The number of benzene rings is 5. The molecule has 4 heteroatoms. The molecular weight excluding hydrogens is 679 g/mol. The molecule has 1 radical (unpaired) electrons. The third-order valence-corrected chi connectivity index (χ3v) is 7.05. The van der Waals surface area contributed by atoms with Crippen molar-refractivity contribution in [2.45, 2.75) is 0 Å². The number of nitrogens with zero attached hydrogens (tertiary/aromatic N) is 3. The van der Waals surface area contributed by atoms with Gasteiger partial charge in [-0.3, -0.25) is 0 Å². The van der Waals surface area contributed by atoms with Gasteiger partial charge in [0.2, 0.25) is 0 Å². The minimum atomic E-state index is 0. The first kappa shape index (κ1) is 26.5.